The number of fused-ring (bicyclic) bond motifs is 1. The Bertz CT molecular complexity index is 753. The lowest BCUT2D eigenvalue weighted by Gasteiger charge is -2.22. The Morgan fingerprint density at radius 3 is 2.56 bits per heavy atom. The molecule has 2 fully saturated rings. The van der Waals surface area contributed by atoms with E-state index in [0.717, 1.165) is 37.4 Å². The number of ether oxygens (including phenoxy) is 2. The molecule has 1 saturated heterocycles. The van der Waals surface area contributed by atoms with Crippen LogP contribution in [0.2, 0.25) is 0 Å². The van der Waals surface area contributed by atoms with E-state index in [9.17, 15) is 10.2 Å². The molecule has 1 aliphatic carbocycles. The summed E-state index contributed by atoms with van der Waals surface area (Å²) in [7, 11) is 1.66. The third-order valence-corrected chi connectivity index (χ3v) is 5.67. The number of methoxy groups -OCH3 is 1. The van der Waals surface area contributed by atoms with Crippen LogP contribution >= 0.6 is 0 Å². The quantitative estimate of drug-likeness (QED) is 0.814. The van der Waals surface area contributed by atoms with Gasteiger partial charge >= 0.3 is 0 Å². The van der Waals surface area contributed by atoms with Crippen LogP contribution in [0.4, 0.5) is 0 Å². The number of pyridine rings is 1. The van der Waals surface area contributed by atoms with Crippen LogP contribution in [0.15, 0.2) is 42.6 Å². The van der Waals surface area contributed by atoms with Gasteiger partial charge in [0.1, 0.15) is 23.4 Å². The third-order valence-electron chi connectivity index (χ3n) is 5.67. The maximum atomic E-state index is 10.4. The molecule has 2 aromatic rings. The third kappa shape index (κ3) is 4.17. The average Bonchev–Trinajstić information content (AvgIpc) is 3.20. The minimum absolute atomic E-state index is 0.115. The van der Waals surface area contributed by atoms with E-state index in [4.69, 9.17) is 9.47 Å². The summed E-state index contributed by atoms with van der Waals surface area (Å²) in [6.07, 6.45) is 3.08. The van der Waals surface area contributed by atoms with Gasteiger partial charge in [-0.25, -0.2) is 0 Å². The van der Waals surface area contributed by atoms with Gasteiger partial charge in [0.2, 0.25) is 0 Å². The number of likely N-dealkylation sites (tertiary alicyclic amines) is 1. The molecule has 0 radical (unpaired) electrons. The van der Waals surface area contributed by atoms with Crippen LogP contribution in [0.1, 0.15) is 24.6 Å². The molecule has 1 saturated carbocycles. The molecule has 1 unspecified atom stereocenters. The van der Waals surface area contributed by atoms with Crippen LogP contribution in [0.25, 0.3) is 0 Å². The second-order valence-corrected chi connectivity index (χ2v) is 7.59. The average molecular weight is 370 g/mol. The number of aromatic nitrogens is 1. The van der Waals surface area contributed by atoms with E-state index >= 15 is 0 Å². The minimum Gasteiger partial charge on any atom is -0.506 e. The van der Waals surface area contributed by atoms with Crippen LogP contribution < -0.4 is 9.47 Å². The first kappa shape index (κ1) is 18.1. The Labute approximate surface area is 159 Å². The van der Waals surface area contributed by atoms with Crippen molar-refractivity contribution in [2.75, 3.05) is 26.7 Å². The van der Waals surface area contributed by atoms with Crippen molar-refractivity contribution in [1.29, 1.82) is 0 Å². The van der Waals surface area contributed by atoms with Crippen LogP contribution in [0, 0.1) is 11.8 Å². The van der Waals surface area contributed by atoms with Crippen molar-refractivity contribution in [3.8, 4) is 17.2 Å². The molecule has 6 nitrogen and oxygen atoms in total. The molecular formula is C21H26N2O4. The molecule has 4 atom stereocenters. The lowest BCUT2D eigenvalue weighted by Crippen LogP contribution is -2.29. The van der Waals surface area contributed by atoms with E-state index < -0.39 is 6.10 Å². The smallest absolute Gasteiger partial charge is 0.133 e. The summed E-state index contributed by atoms with van der Waals surface area (Å²) in [6.45, 7) is 2.54. The number of aliphatic hydroxyl groups is 1. The van der Waals surface area contributed by atoms with Crippen LogP contribution in [0.3, 0.4) is 0 Å². The Morgan fingerprint density at radius 1 is 1.15 bits per heavy atom. The fourth-order valence-corrected chi connectivity index (χ4v) is 4.39. The van der Waals surface area contributed by atoms with Crippen LogP contribution in [-0.4, -0.2) is 52.9 Å². The Kier molecular flexibility index (Phi) is 5.18. The number of hydrogen-bond donors (Lipinski definition) is 2. The summed E-state index contributed by atoms with van der Waals surface area (Å²) in [5, 5.41) is 19.7. The van der Waals surface area contributed by atoms with Crippen molar-refractivity contribution in [2.45, 2.75) is 25.0 Å². The number of aliphatic hydroxyl groups excluding tert-OH is 1. The van der Waals surface area contributed by atoms with E-state index in [1.165, 1.54) is 6.20 Å². The van der Waals surface area contributed by atoms with Crippen molar-refractivity contribution in [3.05, 3.63) is 48.3 Å². The summed E-state index contributed by atoms with van der Waals surface area (Å²) in [6, 6.07) is 11.0. The van der Waals surface area contributed by atoms with Gasteiger partial charge in [-0.3, -0.25) is 9.88 Å². The van der Waals surface area contributed by atoms with E-state index in [0.29, 0.717) is 24.1 Å². The van der Waals surface area contributed by atoms with Gasteiger partial charge in [0.05, 0.1) is 25.1 Å². The fraction of sp³-hybridized carbons (Fsp3) is 0.476. The molecule has 27 heavy (non-hydrogen) atoms. The number of benzene rings is 1. The zero-order chi connectivity index (χ0) is 18.8. The van der Waals surface area contributed by atoms with Gasteiger partial charge in [0.15, 0.2) is 0 Å². The van der Waals surface area contributed by atoms with Crippen LogP contribution in [-0.2, 0) is 0 Å². The SMILES string of the molecule is COc1cccc(O[C@@H]2C[C@@H]3CN(CC(O)c4ccc(O)cn4)C[C@@H]3C2)c1. The lowest BCUT2D eigenvalue weighted by atomic mass is 10.0. The molecule has 1 aliphatic heterocycles. The zero-order valence-electron chi connectivity index (χ0n) is 15.5. The van der Waals surface area contributed by atoms with E-state index in [-0.39, 0.29) is 11.9 Å². The van der Waals surface area contributed by atoms with Gasteiger partial charge in [-0.05, 0) is 48.9 Å². The molecule has 0 amide bonds. The summed E-state index contributed by atoms with van der Waals surface area (Å²) in [5.74, 6) is 3.02. The highest BCUT2D eigenvalue weighted by molar-refractivity contribution is 5.33. The molecule has 1 aromatic carbocycles. The Balaban J connectivity index is 1.28. The molecule has 2 heterocycles. The van der Waals surface area contributed by atoms with Gasteiger partial charge in [0, 0.05) is 25.7 Å². The van der Waals surface area contributed by atoms with Gasteiger partial charge < -0.3 is 19.7 Å². The highest BCUT2D eigenvalue weighted by atomic mass is 16.5. The monoisotopic (exact) mass is 370 g/mol. The fourth-order valence-electron chi connectivity index (χ4n) is 4.39. The number of β-amino-alcohol motifs (C(OH)–C–C–N with tert-alkyl or cyclic N) is 1. The molecule has 0 bridgehead atoms. The van der Waals surface area contributed by atoms with E-state index in [2.05, 4.69) is 9.88 Å². The first-order valence-electron chi connectivity index (χ1n) is 9.46. The molecule has 2 N–H and O–H groups in total. The number of aromatic hydroxyl groups is 1. The summed E-state index contributed by atoms with van der Waals surface area (Å²) < 4.78 is 11.4. The molecule has 144 valence electrons. The largest absolute Gasteiger partial charge is 0.506 e. The van der Waals surface area contributed by atoms with Gasteiger partial charge in [-0.2, -0.15) is 0 Å². The molecule has 0 spiro atoms. The highest BCUT2D eigenvalue weighted by Crippen LogP contribution is 2.40. The zero-order valence-corrected chi connectivity index (χ0v) is 15.5. The summed E-state index contributed by atoms with van der Waals surface area (Å²) in [4.78, 5) is 6.42. The van der Waals surface area contributed by atoms with Crippen molar-refractivity contribution in [1.82, 2.24) is 9.88 Å². The van der Waals surface area contributed by atoms with Gasteiger partial charge in [0.25, 0.3) is 0 Å². The lowest BCUT2D eigenvalue weighted by molar-refractivity contribution is 0.113. The predicted octanol–water partition coefficient (Wildman–Crippen LogP) is 2.62. The van der Waals surface area contributed by atoms with Crippen LogP contribution in [0.5, 0.6) is 17.2 Å². The van der Waals surface area contributed by atoms with Gasteiger partial charge in [-0.1, -0.05) is 6.07 Å². The van der Waals surface area contributed by atoms with E-state index in [1.807, 2.05) is 24.3 Å². The maximum Gasteiger partial charge on any atom is 0.133 e. The second kappa shape index (κ2) is 7.74. The van der Waals surface area contributed by atoms with Crippen molar-refractivity contribution in [3.63, 3.8) is 0 Å². The number of nitrogens with zero attached hydrogens (tertiary/aromatic N) is 2. The molecule has 6 heteroatoms. The molecule has 1 aromatic heterocycles. The molecule has 4 rings (SSSR count). The predicted molar refractivity (Wildman–Crippen MR) is 101 cm³/mol. The standard InChI is InChI=1S/C21H26N2O4/c1-26-17-3-2-4-18(9-17)27-19-7-14-11-23(12-15(14)8-19)13-21(25)20-6-5-16(24)10-22-20/h2-6,9-10,14-15,19,21,24-25H,7-8,11-13H2,1H3/t14-,15+,19-,21?. The van der Waals surface area contributed by atoms with Crippen molar-refractivity contribution >= 4 is 0 Å². The topological polar surface area (TPSA) is 75.1 Å². The molecular weight excluding hydrogens is 344 g/mol. The Hall–Kier alpha value is -2.31. The summed E-state index contributed by atoms with van der Waals surface area (Å²) in [5.41, 5.74) is 0.601. The minimum atomic E-state index is -0.631. The van der Waals surface area contributed by atoms with Gasteiger partial charge in [-0.15, -0.1) is 0 Å². The summed E-state index contributed by atoms with van der Waals surface area (Å²) >= 11 is 0. The maximum absolute atomic E-state index is 10.4. The molecule has 2 aliphatic rings. The van der Waals surface area contributed by atoms with Crippen molar-refractivity contribution < 1.29 is 19.7 Å². The number of rotatable bonds is 6. The second-order valence-electron chi connectivity index (χ2n) is 7.59. The first-order valence-corrected chi connectivity index (χ1v) is 9.46. The van der Waals surface area contributed by atoms with E-state index in [1.54, 1.807) is 19.2 Å². The Morgan fingerprint density at radius 2 is 1.89 bits per heavy atom. The first-order chi connectivity index (χ1) is 13.1. The number of hydrogen-bond acceptors (Lipinski definition) is 6. The highest BCUT2D eigenvalue weighted by Gasteiger charge is 2.42. The normalized spacial score (nSPS) is 25.9. The van der Waals surface area contributed by atoms with Crippen molar-refractivity contribution in [2.24, 2.45) is 11.8 Å².